The summed E-state index contributed by atoms with van der Waals surface area (Å²) >= 11 is 0. The number of rotatable bonds is 5. The van der Waals surface area contributed by atoms with Gasteiger partial charge >= 0.3 is 0 Å². The minimum absolute atomic E-state index is 0.165. The van der Waals surface area contributed by atoms with Crippen LogP contribution in [0.1, 0.15) is 64.7 Å². The molecule has 0 saturated heterocycles. The largest absolute Gasteiger partial charge is 0.396 e. The van der Waals surface area contributed by atoms with Crippen molar-refractivity contribution in [2.75, 3.05) is 6.61 Å². The van der Waals surface area contributed by atoms with Crippen LogP contribution in [0.15, 0.2) is 0 Å². The summed E-state index contributed by atoms with van der Waals surface area (Å²) in [4.78, 5) is 12.2. The SMILES string of the molecule is CC(CC1CCCC1)C(=O)NC1CCC(CO)CC1. The van der Waals surface area contributed by atoms with E-state index < -0.39 is 0 Å². The Hall–Kier alpha value is -0.570. The molecule has 0 aliphatic heterocycles. The molecular formula is C16H29NO2. The fraction of sp³-hybridized carbons (Fsp3) is 0.938. The van der Waals surface area contributed by atoms with E-state index in [1.165, 1.54) is 25.7 Å². The molecule has 19 heavy (non-hydrogen) atoms. The van der Waals surface area contributed by atoms with Crippen LogP contribution in [-0.2, 0) is 4.79 Å². The molecule has 1 atom stereocenters. The molecule has 2 aliphatic rings. The van der Waals surface area contributed by atoms with E-state index in [1.54, 1.807) is 0 Å². The van der Waals surface area contributed by atoms with Crippen LogP contribution < -0.4 is 5.32 Å². The van der Waals surface area contributed by atoms with Crippen molar-refractivity contribution in [1.29, 1.82) is 0 Å². The molecule has 2 aliphatic carbocycles. The van der Waals surface area contributed by atoms with Gasteiger partial charge in [-0.25, -0.2) is 0 Å². The quantitative estimate of drug-likeness (QED) is 0.804. The normalized spacial score (nSPS) is 30.2. The molecule has 3 heteroatoms. The highest BCUT2D eigenvalue weighted by Crippen LogP contribution is 2.30. The van der Waals surface area contributed by atoms with Crippen molar-refractivity contribution in [2.24, 2.45) is 17.8 Å². The Kier molecular flexibility index (Phi) is 5.68. The highest BCUT2D eigenvalue weighted by Gasteiger charge is 2.25. The molecule has 0 aromatic heterocycles. The van der Waals surface area contributed by atoms with Crippen molar-refractivity contribution < 1.29 is 9.90 Å². The average molecular weight is 267 g/mol. The van der Waals surface area contributed by atoms with Gasteiger partial charge in [-0.15, -0.1) is 0 Å². The Bertz CT molecular complexity index is 278. The number of aliphatic hydroxyl groups excluding tert-OH is 1. The number of carbonyl (C=O) groups is 1. The first-order chi connectivity index (χ1) is 9.19. The minimum Gasteiger partial charge on any atom is -0.396 e. The van der Waals surface area contributed by atoms with Crippen LogP contribution in [0, 0.1) is 17.8 Å². The van der Waals surface area contributed by atoms with Gasteiger partial charge in [-0.3, -0.25) is 4.79 Å². The lowest BCUT2D eigenvalue weighted by atomic mass is 9.86. The van der Waals surface area contributed by atoms with Crippen LogP contribution in [0.2, 0.25) is 0 Å². The first-order valence-corrected chi connectivity index (χ1v) is 8.10. The number of hydrogen-bond acceptors (Lipinski definition) is 2. The van der Waals surface area contributed by atoms with Gasteiger partial charge < -0.3 is 10.4 Å². The van der Waals surface area contributed by atoms with Gasteiger partial charge in [-0.1, -0.05) is 32.6 Å². The van der Waals surface area contributed by atoms with E-state index in [-0.39, 0.29) is 11.8 Å². The Morgan fingerprint density at radius 3 is 2.32 bits per heavy atom. The summed E-state index contributed by atoms with van der Waals surface area (Å²) in [6, 6.07) is 0.348. The zero-order valence-corrected chi connectivity index (χ0v) is 12.2. The summed E-state index contributed by atoms with van der Waals surface area (Å²) in [5.74, 6) is 1.66. The standard InChI is InChI=1S/C16H29NO2/c1-12(10-13-4-2-3-5-13)16(19)17-15-8-6-14(11-18)7-9-15/h12-15,18H,2-11H2,1H3,(H,17,19). The average Bonchev–Trinajstić information content (AvgIpc) is 2.92. The van der Waals surface area contributed by atoms with Crippen LogP contribution in [-0.4, -0.2) is 23.7 Å². The predicted octanol–water partition coefficient (Wildman–Crippen LogP) is 2.87. The maximum absolute atomic E-state index is 12.2. The van der Waals surface area contributed by atoms with E-state index in [0.717, 1.165) is 38.0 Å². The summed E-state index contributed by atoms with van der Waals surface area (Å²) in [5.41, 5.74) is 0. The van der Waals surface area contributed by atoms with Crippen LogP contribution in [0.5, 0.6) is 0 Å². The van der Waals surface area contributed by atoms with Crippen LogP contribution >= 0.6 is 0 Å². The predicted molar refractivity (Wildman–Crippen MR) is 76.7 cm³/mol. The molecule has 1 amide bonds. The number of amides is 1. The first kappa shape index (κ1) is 14.8. The molecule has 0 aromatic carbocycles. The molecule has 3 nitrogen and oxygen atoms in total. The maximum Gasteiger partial charge on any atom is 0.223 e. The van der Waals surface area contributed by atoms with E-state index >= 15 is 0 Å². The number of hydrogen-bond donors (Lipinski definition) is 2. The van der Waals surface area contributed by atoms with Gasteiger partial charge in [0.15, 0.2) is 0 Å². The van der Waals surface area contributed by atoms with Crippen LogP contribution in [0.25, 0.3) is 0 Å². The second kappa shape index (κ2) is 7.28. The summed E-state index contributed by atoms with van der Waals surface area (Å²) in [6.45, 7) is 2.38. The Labute approximate surface area is 117 Å². The van der Waals surface area contributed by atoms with E-state index in [4.69, 9.17) is 5.11 Å². The molecule has 0 spiro atoms. The zero-order valence-electron chi connectivity index (χ0n) is 12.2. The van der Waals surface area contributed by atoms with Crippen molar-refractivity contribution in [3.05, 3.63) is 0 Å². The van der Waals surface area contributed by atoms with Gasteiger partial charge in [0.2, 0.25) is 5.91 Å². The fourth-order valence-corrected chi connectivity index (χ4v) is 3.69. The molecule has 0 heterocycles. The fourth-order valence-electron chi connectivity index (χ4n) is 3.69. The highest BCUT2D eigenvalue weighted by molar-refractivity contribution is 5.78. The van der Waals surface area contributed by atoms with Crippen LogP contribution in [0.4, 0.5) is 0 Å². The highest BCUT2D eigenvalue weighted by atomic mass is 16.3. The van der Waals surface area contributed by atoms with Gasteiger partial charge in [-0.05, 0) is 43.9 Å². The minimum atomic E-state index is 0.165. The lowest BCUT2D eigenvalue weighted by Gasteiger charge is -2.29. The monoisotopic (exact) mass is 267 g/mol. The van der Waals surface area contributed by atoms with Gasteiger partial charge in [-0.2, -0.15) is 0 Å². The number of carbonyl (C=O) groups excluding carboxylic acids is 1. The lowest BCUT2D eigenvalue weighted by molar-refractivity contribution is -0.126. The second-order valence-electron chi connectivity index (χ2n) is 6.70. The smallest absolute Gasteiger partial charge is 0.223 e. The third kappa shape index (κ3) is 4.48. The van der Waals surface area contributed by atoms with Crippen molar-refractivity contribution in [3.8, 4) is 0 Å². The summed E-state index contributed by atoms with van der Waals surface area (Å²) in [7, 11) is 0. The summed E-state index contributed by atoms with van der Waals surface area (Å²) in [6.07, 6.45) is 10.6. The first-order valence-electron chi connectivity index (χ1n) is 8.10. The van der Waals surface area contributed by atoms with E-state index in [0.29, 0.717) is 18.6 Å². The van der Waals surface area contributed by atoms with E-state index in [2.05, 4.69) is 12.2 Å². The Morgan fingerprint density at radius 1 is 1.11 bits per heavy atom. The molecule has 0 bridgehead atoms. The lowest BCUT2D eigenvalue weighted by Crippen LogP contribution is -2.41. The summed E-state index contributed by atoms with van der Waals surface area (Å²) in [5, 5.41) is 12.3. The topological polar surface area (TPSA) is 49.3 Å². The molecule has 2 N–H and O–H groups in total. The number of aliphatic hydroxyl groups is 1. The van der Waals surface area contributed by atoms with Crippen molar-refractivity contribution in [1.82, 2.24) is 5.32 Å². The van der Waals surface area contributed by atoms with Crippen molar-refractivity contribution in [2.45, 2.75) is 70.8 Å². The third-order valence-electron chi connectivity index (χ3n) is 5.06. The summed E-state index contributed by atoms with van der Waals surface area (Å²) < 4.78 is 0. The maximum atomic E-state index is 12.2. The van der Waals surface area contributed by atoms with Crippen LogP contribution in [0.3, 0.4) is 0 Å². The molecule has 2 fully saturated rings. The molecule has 0 aromatic rings. The molecule has 0 radical (unpaired) electrons. The Balaban J connectivity index is 1.68. The van der Waals surface area contributed by atoms with E-state index in [9.17, 15) is 4.79 Å². The molecule has 110 valence electrons. The van der Waals surface area contributed by atoms with Gasteiger partial charge in [0.1, 0.15) is 0 Å². The molecular weight excluding hydrogens is 238 g/mol. The molecule has 1 unspecified atom stereocenters. The van der Waals surface area contributed by atoms with Crippen molar-refractivity contribution in [3.63, 3.8) is 0 Å². The Morgan fingerprint density at radius 2 is 1.74 bits per heavy atom. The van der Waals surface area contributed by atoms with Gasteiger partial charge in [0.05, 0.1) is 0 Å². The van der Waals surface area contributed by atoms with E-state index in [1.807, 2.05) is 0 Å². The van der Waals surface area contributed by atoms with Crippen molar-refractivity contribution >= 4 is 5.91 Å². The number of nitrogens with one attached hydrogen (secondary N) is 1. The molecule has 2 rings (SSSR count). The molecule has 2 saturated carbocycles. The second-order valence-corrected chi connectivity index (χ2v) is 6.70. The third-order valence-corrected chi connectivity index (χ3v) is 5.06. The zero-order chi connectivity index (χ0) is 13.7. The van der Waals surface area contributed by atoms with Gasteiger partial charge in [0.25, 0.3) is 0 Å². The van der Waals surface area contributed by atoms with Gasteiger partial charge in [0, 0.05) is 18.6 Å².